The number of aryl methyl sites for hydroxylation is 1. The minimum Gasteiger partial charge on any atom is -0.329 e. The van der Waals surface area contributed by atoms with Crippen molar-refractivity contribution < 1.29 is 8.78 Å². The molecule has 4 heterocycles. The minimum absolute atomic E-state index is 0. The zero-order chi connectivity index (χ0) is 24.7. The lowest BCUT2D eigenvalue weighted by atomic mass is 10.1. The molecule has 1 aromatic carbocycles. The number of pyridine rings is 1. The summed E-state index contributed by atoms with van der Waals surface area (Å²) in [4.78, 5) is 19.8. The lowest BCUT2D eigenvalue weighted by Gasteiger charge is -2.27. The molecule has 0 amide bonds. The van der Waals surface area contributed by atoms with E-state index in [1.54, 1.807) is 6.07 Å². The van der Waals surface area contributed by atoms with Crippen LogP contribution < -0.4 is 11.1 Å². The molecular formula is C25H29ClF2N8. The highest BCUT2D eigenvalue weighted by atomic mass is 35.5. The molecule has 5 rings (SSSR count). The number of aromatic nitrogens is 5. The lowest BCUT2D eigenvalue weighted by Crippen LogP contribution is -2.34. The molecule has 190 valence electrons. The van der Waals surface area contributed by atoms with Gasteiger partial charge in [0.15, 0.2) is 11.6 Å². The van der Waals surface area contributed by atoms with Crippen LogP contribution in [0.25, 0.3) is 22.3 Å². The van der Waals surface area contributed by atoms with Gasteiger partial charge in [-0.1, -0.05) is 6.07 Å². The third-order valence-corrected chi connectivity index (χ3v) is 6.27. The first-order valence-corrected chi connectivity index (χ1v) is 11.7. The van der Waals surface area contributed by atoms with Gasteiger partial charge in [0.05, 0.1) is 11.7 Å². The van der Waals surface area contributed by atoms with Crippen molar-refractivity contribution in [2.45, 2.75) is 39.8 Å². The van der Waals surface area contributed by atoms with Crippen LogP contribution in [-0.2, 0) is 13.0 Å². The summed E-state index contributed by atoms with van der Waals surface area (Å²) in [5, 5.41) is 3.07. The molecule has 0 saturated carbocycles. The number of anilines is 2. The van der Waals surface area contributed by atoms with E-state index in [0.717, 1.165) is 43.5 Å². The molecular weight excluding hydrogens is 486 g/mol. The predicted octanol–water partition coefficient (Wildman–Crippen LogP) is 4.54. The number of hydrogen-bond acceptors (Lipinski definition) is 7. The van der Waals surface area contributed by atoms with Gasteiger partial charge >= 0.3 is 0 Å². The molecule has 11 heteroatoms. The first-order chi connectivity index (χ1) is 16.8. The number of nitrogens with one attached hydrogen (secondary N) is 1. The standard InChI is InChI=1S/C25H28F2N8.ClH/c1-14(2)35-15(3)30-24-18(26)10-17(11-21(24)35)23-19(27)12-29-25(33-23)32-22-5-4-16-13-34(9-7-28)8-6-20(16)31-22;/h4-5,10-12,14H,6-9,13,28H2,1-3H3,(H,29,31,32,33);1H. The van der Waals surface area contributed by atoms with Crippen LogP contribution in [0.1, 0.15) is 37.0 Å². The molecule has 1 aliphatic rings. The number of halogens is 3. The molecule has 0 unspecified atom stereocenters. The van der Waals surface area contributed by atoms with Gasteiger partial charge < -0.3 is 15.6 Å². The molecule has 0 bridgehead atoms. The third kappa shape index (κ3) is 4.88. The summed E-state index contributed by atoms with van der Waals surface area (Å²) in [6, 6.07) is 6.93. The van der Waals surface area contributed by atoms with E-state index in [1.165, 1.54) is 6.07 Å². The zero-order valence-electron chi connectivity index (χ0n) is 20.4. The molecule has 0 radical (unpaired) electrons. The molecule has 4 aromatic rings. The number of hydrogen-bond donors (Lipinski definition) is 2. The fraction of sp³-hybridized carbons (Fsp3) is 0.360. The fourth-order valence-electron chi connectivity index (χ4n) is 4.72. The SMILES string of the molecule is Cc1nc2c(F)cc(-c3nc(Nc4ccc5c(n4)CCN(CCN)C5)ncc3F)cc2n1C(C)C.Cl. The van der Waals surface area contributed by atoms with Crippen molar-refractivity contribution in [3.63, 3.8) is 0 Å². The number of imidazole rings is 1. The zero-order valence-corrected chi connectivity index (χ0v) is 21.2. The molecule has 3 N–H and O–H groups in total. The van der Waals surface area contributed by atoms with Gasteiger partial charge in [-0.3, -0.25) is 4.90 Å². The van der Waals surface area contributed by atoms with Crippen molar-refractivity contribution in [3.05, 3.63) is 59.2 Å². The van der Waals surface area contributed by atoms with E-state index in [4.69, 9.17) is 10.7 Å². The van der Waals surface area contributed by atoms with Crippen molar-refractivity contribution in [2.24, 2.45) is 5.73 Å². The van der Waals surface area contributed by atoms with Crippen LogP contribution in [0.15, 0.2) is 30.5 Å². The van der Waals surface area contributed by atoms with E-state index >= 15 is 0 Å². The maximum atomic E-state index is 14.9. The Kier molecular flexibility index (Phi) is 7.49. The Bertz CT molecular complexity index is 1400. The second-order valence-corrected chi connectivity index (χ2v) is 9.08. The molecule has 8 nitrogen and oxygen atoms in total. The van der Waals surface area contributed by atoms with E-state index in [2.05, 4.69) is 25.2 Å². The minimum atomic E-state index is -0.639. The number of fused-ring (bicyclic) bond motifs is 2. The highest BCUT2D eigenvalue weighted by molar-refractivity contribution is 5.85. The van der Waals surface area contributed by atoms with Crippen molar-refractivity contribution in [3.8, 4) is 11.3 Å². The van der Waals surface area contributed by atoms with Gasteiger partial charge in [-0.15, -0.1) is 12.4 Å². The smallest absolute Gasteiger partial charge is 0.229 e. The van der Waals surface area contributed by atoms with Gasteiger partial charge in [0.25, 0.3) is 0 Å². The second-order valence-electron chi connectivity index (χ2n) is 9.08. The van der Waals surface area contributed by atoms with Gasteiger partial charge in [-0.2, -0.15) is 0 Å². The van der Waals surface area contributed by atoms with E-state index in [1.807, 2.05) is 37.5 Å². The Morgan fingerprint density at radius 2 is 1.92 bits per heavy atom. The van der Waals surface area contributed by atoms with Gasteiger partial charge in [0.2, 0.25) is 5.95 Å². The normalized spacial score (nSPS) is 13.6. The largest absolute Gasteiger partial charge is 0.329 e. The van der Waals surface area contributed by atoms with Gasteiger partial charge in [-0.05, 0) is 44.5 Å². The quantitative estimate of drug-likeness (QED) is 0.390. The topological polar surface area (TPSA) is 97.8 Å². The summed E-state index contributed by atoms with van der Waals surface area (Å²) < 4.78 is 31.6. The summed E-state index contributed by atoms with van der Waals surface area (Å²) >= 11 is 0. The molecule has 0 saturated heterocycles. The lowest BCUT2D eigenvalue weighted by molar-refractivity contribution is 0.259. The first kappa shape index (κ1) is 25.9. The molecule has 0 aliphatic carbocycles. The maximum absolute atomic E-state index is 14.9. The van der Waals surface area contributed by atoms with Crippen LogP contribution in [0.3, 0.4) is 0 Å². The Balaban J connectivity index is 0.00000304. The summed E-state index contributed by atoms with van der Waals surface area (Å²) in [5.74, 6) is 0.293. The van der Waals surface area contributed by atoms with Crippen LogP contribution in [-0.4, -0.2) is 49.0 Å². The highest BCUT2D eigenvalue weighted by Crippen LogP contribution is 2.30. The molecule has 0 atom stereocenters. The Hall–Kier alpha value is -3.21. The van der Waals surface area contributed by atoms with Gasteiger partial charge in [0.1, 0.15) is 22.9 Å². The number of nitrogens with two attached hydrogens (primary N) is 1. The Labute approximate surface area is 214 Å². The third-order valence-electron chi connectivity index (χ3n) is 6.27. The van der Waals surface area contributed by atoms with E-state index in [-0.39, 0.29) is 35.6 Å². The average molecular weight is 515 g/mol. The molecule has 3 aromatic heterocycles. The summed E-state index contributed by atoms with van der Waals surface area (Å²) in [7, 11) is 0. The summed E-state index contributed by atoms with van der Waals surface area (Å²) in [5.41, 5.74) is 9.03. The molecule has 1 aliphatic heterocycles. The second kappa shape index (κ2) is 10.4. The molecule has 36 heavy (non-hydrogen) atoms. The van der Waals surface area contributed by atoms with E-state index in [9.17, 15) is 8.78 Å². The number of benzene rings is 1. The van der Waals surface area contributed by atoms with Gasteiger partial charge in [-0.25, -0.2) is 28.7 Å². The average Bonchev–Trinajstić information content (AvgIpc) is 3.17. The number of nitrogens with zero attached hydrogens (tertiary/aromatic N) is 6. The van der Waals surface area contributed by atoms with Gasteiger partial charge in [0, 0.05) is 49.9 Å². The highest BCUT2D eigenvalue weighted by Gasteiger charge is 2.20. The van der Waals surface area contributed by atoms with Crippen LogP contribution in [0.5, 0.6) is 0 Å². The van der Waals surface area contributed by atoms with E-state index < -0.39 is 11.6 Å². The fourth-order valence-corrected chi connectivity index (χ4v) is 4.72. The predicted molar refractivity (Wildman–Crippen MR) is 139 cm³/mol. The van der Waals surface area contributed by atoms with Crippen LogP contribution in [0.4, 0.5) is 20.5 Å². The summed E-state index contributed by atoms with van der Waals surface area (Å²) in [6.07, 6.45) is 1.91. The van der Waals surface area contributed by atoms with Crippen molar-refractivity contribution in [2.75, 3.05) is 25.0 Å². The molecule has 0 spiro atoms. The van der Waals surface area contributed by atoms with Crippen LogP contribution in [0, 0.1) is 18.6 Å². The Morgan fingerprint density at radius 3 is 2.67 bits per heavy atom. The van der Waals surface area contributed by atoms with Crippen molar-refractivity contribution >= 4 is 35.2 Å². The first-order valence-electron chi connectivity index (χ1n) is 11.7. The Morgan fingerprint density at radius 1 is 1.11 bits per heavy atom. The van der Waals surface area contributed by atoms with Crippen molar-refractivity contribution in [1.82, 2.24) is 29.4 Å². The molecule has 0 fully saturated rings. The van der Waals surface area contributed by atoms with Crippen LogP contribution >= 0.6 is 12.4 Å². The summed E-state index contributed by atoms with van der Waals surface area (Å²) in [6.45, 7) is 9.02. The maximum Gasteiger partial charge on any atom is 0.229 e. The number of rotatable bonds is 6. The van der Waals surface area contributed by atoms with Crippen LogP contribution in [0.2, 0.25) is 0 Å². The van der Waals surface area contributed by atoms with Crippen molar-refractivity contribution in [1.29, 1.82) is 0 Å². The van der Waals surface area contributed by atoms with E-state index in [0.29, 0.717) is 29.3 Å². The monoisotopic (exact) mass is 514 g/mol.